The molecule has 0 aliphatic rings. The van der Waals surface area contributed by atoms with Gasteiger partial charge in [-0.2, -0.15) is 0 Å². The van der Waals surface area contributed by atoms with Crippen LogP contribution in [0.1, 0.15) is 22.3 Å². The van der Waals surface area contributed by atoms with Gasteiger partial charge in [0.05, 0.1) is 5.56 Å². The maximum Gasteiger partial charge on any atom is 0.335 e. The number of benzene rings is 4. The number of hydrogen-bond acceptors (Lipinski definition) is 1. The molecule has 0 saturated heterocycles. The smallest absolute Gasteiger partial charge is 0.335 e. The Labute approximate surface area is 123 Å². The summed E-state index contributed by atoms with van der Waals surface area (Å²) < 4.78 is 26.8. The molecule has 0 heterocycles. The summed E-state index contributed by atoms with van der Waals surface area (Å²) in [6.07, 6.45) is -2.61. The largest absolute Gasteiger partial charge is 0.478 e. The van der Waals surface area contributed by atoms with Crippen LogP contribution in [0.25, 0.3) is 32.3 Å². The van der Waals surface area contributed by atoms with E-state index < -0.39 is 12.4 Å². The van der Waals surface area contributed by atoms with Crippen LogP contribution >= 0.6 is 0 Å². The van der Waals surface area contributed by atoms with Crippen molar-refractivity contribution in [2.24, 2.45) is 0 Å². The van der Waals surface area contributed by atoms with Gasteiger partial charge in [0.1, 0.15) is 0 Å². The minimum absolute atomic E-state index is 0.0619. The molecule has 1 N–H and O–H groups in total. The molecule has 0 aromatic heterocycles. The Balaban J connectivity index is 2.30. The molecule has 4 rings (SSSR count). The maximum absolute atomic E-state index is 13.4. The molecule has 0 fully saturated rings. The minimum atomic E-state index is -2.61. The molecule has 0 aliphatic heterocycles. The highest BCUT2D eigenvalue weighted by atomic mass is 19.3. The second-order valence-electron chi connectivity index (χ2n) is 5.34. The highest BCUT2D eigenvalue weighted by molar-refractivity contribution is 6.24. The van der Waals surface area contributed by atoms with E-state index in [1.54, 1.807) is 18.2 Å². The van der Waals surface area contributed by atoms with Crippen molar-refractivity contribution in [3.05, 3.63) is 59.7 Å². The number of carboxylic acids is 1. The Bertz CT molecular complexity index is 1040. The molecule has 0 atom stereocenters. The van der Waals surface area contributed by atoms with E-state index in [0.717, 1.165) is 21.5 Å². The van der Waals surface area contributed by atoms with Crippen LogP contribution < -0.4 is 0 Å². The first kappa shape index (κ1) is 13.0. The summed E-state index contributed by atoms with van der Waals surface area (Å²) in [4.78, 5) is 11.2. The van der Waals surface area contributed by atoms with Crippen LogP contribution in [0, 0.1) is 0 Å². The molecule has 0 unspecified atom stereocenters. The first-order chi connectivity index (χ1) is 10.6. The summed E-state index contributed by atoms with van der Waals surface area (Å²) in [7, 11) is 0. The lowest BCUT2D eigenvalue weighted by Gasteiger charge is -2.14. The summed E-state index contributed by atoms with van der Waals surface area (Å²) in [5.74, 6) is -1.07. The molecule has 4 aromatic carbocycles. The van der Waals surface area contributed by atoms with E-state index in [0.29, 0.717) is 10.8 Å². The first-order valence-corrected chi connectivity index (χ1v) is 6.79. The number of carbonyl (C=O) groups is 1. The van der Waals surface area contributed by atoms with Crippen LogP contribution in [-0.4, -0.2) is 11.1 Å². The zero-order chi connectivity index (χ0) is 15.4. The minimum Gasteiger partial charge on any atom is -0.478 e. The van der Waals surface area contributed by atoms with Gasteiger partial charge in [-0.05, 0) is 50.5 Å². The molecule has 22 heavy (non-hydrogen) atoms. The lowest BCUT2D eigenvalue weighted by molar-refractivity contribution is 0.0697. The lowest BCUT2D eigenvalue weighted by Crippen LogP contribution is -1.98. The molecule has 0 spiro atoms. The molecular formula is C18H10F2O2. The normalized spacial score (nSPS) is 12.0. The molecule has 0 aliphatic carbocycles. The molecule has 4 aromatic rings. The van der Waals surface area contributed by atoms with Crippen LogP contribution in [0.2, 0.25) is 0 Å². The van der Waals surface area contributed by atoms with Crippen molar-refractivity contribution in [2.45, 2.75) is 6.43 Å². The standard InChI is InChI=1S/C18H10F2O2/c19-17(20)14-8-11-7-12(18(21)22)6-10-5-4-9-2-1-3-13(14)16(9)15(10)11/h1-8,17H,(H,21,22). The van der Waals surface area contributed by atoms with Crippen LogP contribution in [0.4, 0.5) is 8.78 Å². The van der Waals surface area contributed by atoms with Gasteiger partial charge in [-0.25, -0.2) is 13.6 Å². The van der Waals surface area contributed by atoms with Gasteiger partial charge in [0.15, 0.2) is 0 Å². The fourth-order valence-electron chi connectivity index (χ4n) is 3.18. The zero-order valence-electron chi connectivity index (χ0n) is 11.3. The highest BCUT2D eigenvalue weighted by Crippen LogP contribution is 2.39. The molecule has 0 saturated carbocycles. The van der Waals surface area contributed by atoms with E-state index in [9.17, 15) is 18.7 Å². The predicted octanol–water partition coefficient (Wildman–Crippen LogP) is 5.22. The average molecular weight is 296 g/mol. The number of hydrogen-bond donors (Lipinski definition) is 1. The SMILES string of the molecule is O=C(O)c1cc2ccc3cccc4c(C(F)F)cc(c1)c2c34. The maximum atomic E-state index is 13.4. The van der Waals surface area contributed by atoms with Gasteiger partial charge >= 0.3 is 5.97 Å². The highest BCUT2D eigenvalue weighted by Gasteiger charge is 2.18. The summed E-state index contributed by atoms with van der Waals surface area (Å²) >= 11 is 0. The first-order valence-electron chi connectivity index (χ1n) is 6.79. The quantitative estimate of drug-likeness (QED) is 0.515. The van der Waals surface area contributed by atoms with Crippen molar-refractivity contribution in [1.82, 2.24) is 0 Å². The molecular weight excluding hydrogens is 286 g/mol. The Morgan fingerprint density at radius 1 is 0.909 bits per heavy atom. The van der Waals surface area contributed by atoms with E-state index in [1.165, 1.54) is 12.1 Å². The summed E-state index contributed by atoms with van der Waals surface area (Å²) in [6.45, 7) is 0. The molecule has 0 radical (unpaired) electrons. The van der Waals surface area contributed by atoms with Crippen molar-refractivity contribution < 1.29 is 18.7 Å². The van der Waals surface area contributed by atoms with Gasteiger partial charge in [0.2, 0.25) is 0 Å². The van der Waals surface area contributed by atoms with Crippen molar-refractivity contribution >= 4 is 38.3 Å². The third-order valence-corrected chi connectivity index (χ3v) is 4.09. The van der Waals surface area contributed by atoms with Gasteiger partial charge in [0.25, 0.3) is 6.43 Å². The summed E-state index contributed by atoms with van der Waals surface area (Å²) in [6, 6.07) is 13.4. The van der Waals surface area contributed by atoms with Gasteiger partial charge in [-0.3, -0.25) is 0 Å². The van der Waals surface area contributed by atoms with Crippen LogP contribution in [0.3, 0.4) is 0 Å². The predicted molar refractivity (Wildman–Crippen MR) is 82.1 cm³/mol. The van der Waals surface area contributed by atoms with E-state index in [2.05, 4.69) is 0 Å². The fourth-order valence-corrected chi connectivity index (χ4v) is 3.18. The fraction of sp³-hybridized carbons (Fsp3) is 0.0556. The molecule has 0 amide bonds. The van der Waals surface area contributed by atoms with E-state index in [4.69, 9.17) is 0 Å². The van der Waals surface area contributed by atoms with Crippen molar-refractivity contribution in [1.29, 1.82) is 0 Å². The van der Waals surface area contributed by atoms with Crippen molar-refractivity contribution in [3.8, 4) is 0 Å². The van der Waals surface area contributed by atoms with Crippen LogP contribution in [0.5, 0.6) is 0 Å². The van der Waals surface area contributed by atoms with Gasteiger partial charge in [0, 0.05) is 5.56 Å². The second-order valence-corrected chi connectivity index (χ2v) is 5.34. The topological polar surface area (TPSA) is 37.3 Å². The molecule has 0 bridgehead atoms. The number of alkyl halides is 2. The van der Waals surface area contributed by atoms with Crippen LogP contribution in [0.15, 0.2) is 48.5 Å². The summed E-state index contributed by atoms with van der Waals surface area (Å²) in [5, 5.41) is 13.5. The Hall–Kier alpha value is -2.75. The third-order valence-electron chi connectivity index (χ3n) is 4.09. The third kappa shape index (κ3) is 1.67. The summed E-state index contributed by atoms with van der Waals surface area (Å²) in [5.41, 5.74) is 0.0410. The zero-order valence-corrected chi connectivity index (χ0v) is 11.3. The van der Waals surface area contributed by atoms with E-state index in [-0.39, 0.29) is 11.1 Å². The lowest BCUT2D eigenvalue weighted by atomic mass is 9.90. The molecule has 4 heteroatoms. The van der Waals surface area contributed by atoms with E-state index in [1.807, 2.05) is 18.2 Å². The number of carboxylic acid groups (broad SMARTS) is 1. The monoisotopic (exact) mass is 296 g/mol. The molecule has 108 valence electrons. The van der Waals surface area contributed by atoms with Gasteiger partial charge in [-0.1, -0.05) is 30.3 Å². The Morgan fingerprint density at radius 3 is 2.36 bits per heavy atom. The van der Waals surface area contributed by atoms with Gasteiger partial charge in [-0.15, -0.1) is 0 Å². The van der Waals surface area contributed by atoms with Gasteiger partial charge < -0.3 is 5.11 Å². The number of rotatable bonds is 2. The number of aromatic carboxylic acids is 1. The van der Waals surface area contributed by atoms with Crippen LogP contribution in [-0.2, 0) is 0 Å². The van der Waals surface area contributed by atoms with Crippen molar-refractivity contribution in [2.75, 3.05) is 0 Å². The molecule has 2 nitrogen and oxygen atoms in total. The Kier molecular flexibility index (Phi) is 2.57. The number of halogens is 2. The Morgan fingerprint density at radius 2 is 1.64 bits per heavy atom. The average Bonchev–Trinajstić information content (AvgIpc) is 2.51. The second kappa shape index (κ2) is 4.37. The van der Waals surface area contributed by atoms with Crippen molar-refractivity contribution in [3.63, 3.8) is 0 Å². The van der Waals surface area contributed by atoms with E-state index >= 15 is 0 Å².